The fourth-order valence-corrected chi connectivity index (χ4v) is 3.32. The third-order valence-electron chi connectivity index (χ3n) is 3.30. The van der Waals surface area contributed by atoms with E-state index in [0.29, 0.717) is 22.5 Å². The number of rotatable bonds is 5. The molecule has 114 valence electrons. The minimum absolute atomic E-state index is 0.259. The van der Waals surface area contributed by atoms with E-state index >= 15 is 0 Å². The lowest BCUT2D eigenvalue weighted by Crippen LogP contribution is -2.30. The van der Waals surface area contributed by atoms with Crippen LogP contribution in [0, 0.1) is 5.92 Å². The number of aromatic carboxylic acids is 1. The van der Waals surface area contributed by atoms with E-state index in [-0.39, 0.29) is 5.41 Å². The van der Waals surface area contributed by atoms with Gasteiger partial charge < -0.3 is 10.0 Å². The molecule has 0 aliphatic carbocycles. The number of thiazole rings is 1. The molecule has 1 unspecified atom stereocenters. The summed E-state index contributed by atoms with van der Waals surface area (Å²) in [6.45, 7) is 12.5. The number of hydrogen-bond donors (Lipinski definition) is 1. The maximum absolute atomic E-state index is 11.4. The second kappa shape index (κ2) is 6.12. The van der Waals surface area contributed by atoms with Crippen molar-refractivity contribution >= 4 is 22.4 Å². The van der Waals surface area contributed by atoms with Crippen LogP contribution in [0.3, 0.4) is 0 Å². The predicted octanol–water partition coefficient (Wildman–Crippen LogP) is 4.01. The molecule has 1 heterocycles. The van der Waals surface area contributed by atoms with Gasteiger partial charge in [-0.15, -0.1) is 0 Å². The Morgan fingerprint density at radius 2 is 1.90 bits per heavy atom. The molecule has 0 amide bonds. The largest absolute Gasteiger partial charge is 0.477 e. The first-order valence-electron chi connectivity index (χ1n) is 7.01. The first kappa shape index (κ1) is 17.0. The van der Waals surface area contributed by atoms with Crippen molar-refractivity contribution in [1.82, 2.24) is 4.98 Å². The molecule has 0 aliphatic rings. The average Bonchev–Trinajstić information content (AvgIpc) is 2.71. The zero-order chi connectivity index (χ0) is 15.7. The van der Waals surface area contributed by atoms with Crippen LogP contribution in [0.25, 0.3) is 0 Å². The van der Waals surface area contributed by atoms with Crippen molar-refractivity contribution in [2.75, 3.05) is 11.9 Å². The van der Waals surface area contributed by atoms with Gasteiger partial charge in [-0.05, 0) is 19.3 Å². The van der Waals surface area contributed by atoms with E-state index < -0.39 is 5.97 Å². The summed E-state index contributed by atoms with van der Waals surface area (Å²) in [6.07, 6.45) is 1.06. The molecule has 0 aliphatic heterocycles. The first-order chi connectivity index (χ1) is 9.04. The SMILES string of the molecule is CC(C)CC(C)N(C)c1nc(C(C)(C)C)c(C(=O)O)s1. The molecule has 4 nitrogen and oxygen atoms in total. The lowest BCUT2D eigenvalue weighted by atomic mass is 9.91. The van der Waals surface area contributed by atoms with Crippen molar-refractivity contribution in [2.24, 2.45) is 5.92 Å². The number of hydrogen-bond acceptors (Lipinski definition) is 4. The Hall–Kier alpha value is -1.10. The molecule has 1 N–H and O–H groups in total. The van der Waals surface area contributed by atoms with E-state index in [9.17, 15) is 9.90 Å². The van der Waals surface area contributed by atoms with Gasteiger partial charge >= 0.3 is 5.97 Å². The Morgan fingerprint density at radius 1 is 1.35 bits per heavy atom. The smallest absolute Gasteiger partial charge is 0.347 e. The van der Waals surface area contributed by atoms with Gasteiger partial charge in [0.15, 0.2) is 5.13 Å². The van der Waals surface area contributed by atoms with Crippen LogP contribution in [-0.4, -0.2) is 29.1 Å². The van der Waals surface area contributed by atoms with Crippen molar-refractivity contribution in [3.8, 4) is 0 Å². The van der Waals surface area contributed by atoms with Gasteiger partial charge in [-0.3, -0.25) is 0 Å². The van der Waals surface area contributed by atoms with Gasteiger partial charge in [0.1, 0.15) is 4.88 Å². The van der Waals surface area contributed by atoms with Gasteiger partial charge in [-0.1, -0.05) is 46.0 Å². The molecule has 1 aromatic heterocycles. The van der Waals surface area contributed by atoms with Crippen LogP contribution in [0.1, 0.15) is 63.3 Å². The second-order valence-corrected chi connectivity index (χ2v) is 7.80. The zero-order valence-electron chi connectivity index (χ0n) is 13.5. The van der Waals surface area contributed by atoms with Gasteiger partial charge in [-0.2, -0.15) is 0 Å². The summed E-state index contributed by atoms with van der Waals surface area (Å²) in [5, 5.41) is 10.2. The van der Waals surface area contributed by atoms with Gasteiger partial charge in [-0.25, -0.2) is 9.78 Å². The first-order valence-corrected chi connectivity index (χ1v) is 7.83. The third-order valence-corrected chi connectivity index (χ3v) is 4.43. The summed E-state index contributed by atoms with van der Waals surface area (Å²) in [5.41, 5.74) is 0.415. The molecule has 0 saturated carbocycles. The van der Waals surface area contributed by atoms with Crippen molar-refractivity contribution < 1.29 is 9.90 Å². The minimum atomic E-state index is -0.886. The van der Waals surface area contributed by atoms with Gasteiger partial charge in [0.25, 0.3) is 0 Å². The van der Waals surface area contributed by atoms with E-state index in [0.717, 1.165) is 11.6 Å². The molecular formula is C15H26N2O2S. The van der Waals surface area contributed by atoms with Gasteiger partial charge in [0.05, 0.1) is 5.69 Å². The van der Waals surface area contributed by atoms with Crippen molar-refractivity contribution in [2.45, 2.75) is 59.4 Å². The molecule has 0 aromatic carbocycles. The maximum Gasteiger partial charge on any atom is 0.347 e. The quantitative estimate of drug-likeness (QED) is 0.892. The average molecular weight is 298 g/mol. The van der Waals surface area contributed by atoms with Crippen molar-refractivity contribution in [3.63, 3.8) is 0 Å². The highest BCUT2D eigenvalue weighted by molar-refractivity contribution is 7.17. The van der Waals surface area contributed by atoms with E-state index in [1.807, 2.05) is 27.8 Å². The Bertz CT molecular complexity index is 475. The Kier molecular flexibility index (Phi) is 5.19. The molecular weight excluding hydrogens is 272 g/mol. The second-order valence-electron chi connectivity index (χ2n) is 6.82. The summed E-state index contributed by atoms with van der Waals surface area (Å²) in [7, 11) is 1.99. The predicted molar refractivity (Wildman–Crippen MR) is 85.1 cm³/mol. The summed E-state index contributed by atoms with van der Waals surface area (Å²) in [5.74, 6) is -0.281. The Balaban J connectivity index is 3.11. The van der Waals surface area contributed by atoms with E-state index in [1.54, 1.807) is 0 Å². The van der Waals surface area contributed by atoms with Crippen LogP contribution in [-0.2, 0) is 5.41 Å². The van der Waals surface area contributed by atoms with Crippen LogP contribution in [0.15, 0.2) is 0 Å². The van der Waals surface area contributed by atoms with Gasteiger partial charge in [0.2, 0.25) is 0 Å². The molecule has 5 heteroatoms. The summed E-state index contributed by atoms with van der Waals surface area (Å²) in [6, 6.07) is 0.343. The highest BCUT2D eigenvalue weighted by Crippen LogP contribution is 2.34. The van der Waals surface area contributed by atoms with Crippen LogP contribution < -0.4 is 4.90 Å². The maximum atomic E-state index is 11.4. The number of aromatic nitrogens is 1. The van der Waals surface area contributed by atoms with Crippen molar-refractivity contribution in [1.29, 1.82) is 0 Å². The number of nitrogens with zero attached hydrogens (tertiary/aromatic N) is 2. The third kappa shape index (κ3) is 3.95. The number of carbonyl (C=O) groups is 1. The fourth-order valence-electron chi connectivity index (χ4n) is 2.14. The molecule has 0 spiro atoms. The number of anilines is 1. The van der Waals surface area contributed by atoms with Crippen LogP contribution in [0.4, 0.5) is 5.13 Å². The number of carboxylic acids is 1. The molecule has 1 rings (SSSR count). The summed E-state index contributed by atoms with van der Waals surface area (Å²) < 4.78 is 0. The molecule has 0 bridgehead atoms. The lowest BCUT2D eigenvalue weighted by molar-refractivity contribution is 0.0699. The summed E-state index contributed by atoms with van der Waals surface area (Å²) in [4.78, 5) is 18.4. The number of carboxylic acid groups (broad SMARTS) is 1. The zero-order valence-corrected chi connectivity index (χ0v) is 14.3. The summed E-state index contributed by atoms with van der Waals surface area (Å²) >= 11 is 1.27. The normalized spacial score (nSPS) is 13.6. The van der Waals surface area contributed by atoms with Crippen LogP contribution >= 0.6 is 11.3 Å². The molecule has 1 atom stereocenters. The Labute approximate surface area is 125 Å². The monoisotopic (exact) mass is 298 g/mol. The molecule has 0 saturated heterocycles. The van der Waals surface area contributed by atoms with E-state index in [1.165, 1.54) is 11.3 Å². The fraction of sp³-hybridized carbons (Fsp3) is 0.733. The van der Waals surface area contributed by atoms with Gasteiger partial charge in [0, 0.05) is 18.5 Å². The standard InChI is InChI=1S/C15H26N2O2S/c1-9(2)8-10(3)17(7)14-16-12(15(4,5)6)11(20-14)13(18)19/h9-10H,8H2,1-7H3,(H,18,19). The molecule has 20 heavy (non-hydrogen) atoms. The van der Waals surface area contributed by atoms with Crippen LogP contribution in [0.5, 0.6) is 0 Å². The highest BCUT2D eigenvalue weighted by atomic mass is 32.1. The highest BCUT2D eigenvalue weighted by Gasteiger charge is 2.28. The molecule has 0 fully saturated rings. The molecule has 1 aromatic rings. The Morgan fingerprint density at radius 3 is 2.25 bits per heavy atom. The topological polar surface area (TPSA) is 53.4 Å². The van der Waals surface area contributed by atoms with Crippen LogP contribution in [0.2, 0.25) is 0 Å². The lowest BCUT2D eigenvalue weighted by Gasteiger charge is -2.25. The molecule has 0 radical (unpaired) electrons. The minimum Gasteiger partial charge on any atom is -0.477 e. The van der Waals surface area contributed by atoms with E-state index in [2.05, 4.69) is 30.7 Å². The van der Waals surface area contributed by atoms with Crippen molar-refractivity contribution in [3.05, 3.63) is 10.6 Å². The van der Waals surface area contributed by atoms with E-state index in [4.69, 9.17) is 0 Å².